The van der Waals surface area contributed by atoms with Gasteiger partial charge in [-0.25, -0.2) is 33.4 Å². The topological polar surface area (TPSA) is 401 Å². The molecule has 0 aliphatic carbocycles. The highest BCUT2D eigenvalue weighted by molar-refractivity contribution is 8.14. The highest BCUT2D eigenvalue weighted by Gasteiger charge is 2.50. The van der Waals surface area contributed by atoms with Crippen molar-refractivity contribution in [2.24, 2.45) is 11.3 Å². The molecule has 7 atom stereocenters. The summed E-state index contributed by atoms with van der Waals surface area (Å²) >= 11 is 0.817. The van der Waals surface area contributed by atoms with E-state index in [2.05, 4.69) is 34.4 Å². The number of carbonyl (C=O) groups is 4. The number of aliphatic hydroxyl groups is 2. The maximum Gasteiger partial charge on any atom is 0.481 e. The predicted octanol–water partition coefficient (Wildman–Crippen LogP) is -0.668. The van der Waals surface area contributed by atoms with E-state index in [1.54, 1.807) is 13.8 Å². The predicted molar refractivity (Wildman–Crippen MR) is 198 cm³/mol. The van der Waals surface area contributed by atoms with Crippen LogP contribution < -0.4 is 16.4 Å². The van der Waals surface area contributed by atoms with Gasteiger partial charge in [0.2, 0.25) is 16.9 Å². The van der Waals surface area contributed by atoms with Crippen molar-refractivity contribution in [2.45, 2.75) is 64.8 Å². The Kier molecular flexibility index (Phi) is 17.2. The van der Waals surface area contributed by atoms with Gasteiger partial charge in [0.25, 0.3) is 0 Å². The van der Waals surface area contributed by atoms with Gasteiger partial charge in [-0.3, -0.25) is 32.5 Å². The molecule has 58 heavy (non-hydrogen) atoms. The number of nitrogens with two attached hydrogens (primary N) is 1. The Labute approximate surface area is 333 Å². The number of aliphatic carboxylic acids is 1. The van der Waals surface area contributed by atoms with E-state index >= 15 is 0 Å². The molecular weight excluding hydrogens is 863 g/mol. The maximum atomic E-state index is 12.7. The average Bonchev–Trinajstić information content (AvgIpc) is 3.66. The normalized spacial score (nSPS) is 21.7. The molecule has 326 valence electrons. The number of nitrogens with one attached hydrogen (secondary N) is 2. The molecule has 0 radical (unpaired) electrons. The minimum Gasteiger partial charge on any atom is -0.478 e. The lowest BCUT2D eigenvalue weighted by molar-refractivity contribution is -0.137. The number of carboxylic acids is 1. The minimum atomic E-state index is -5.59. The maximum absolute atomic E-state index is 12.7. The summed E-state index contributed by atoms with van der Waals surface area (Å²) in [7, 11) is -16.5. The van der Waals surface area contributed by atoms with E-state index < -0.39 is 95.6 Å². The molecule has 26 nitrogen and oxygen atoms in total. The summed E-state index contributed by atoms with van der Waals surface area (Å²) in [6.07, 6.45) is -6.30. The minimum absolute atomic E-state index is 0.0183. The van der Waals surface area contributed by atoms with Gasteiger partial charge in [0.1, 0.15) is 36.3 Å². The van der Waals surface area contributed by atoms with Crippen LogP contribution in [0.2, 0.25) is 0 Å². The summed E-state index contributed by atoms with van der Waals surface area (Å²) in [4.78, 5) is 98.8. The van der Waals surface area contributed by atoms with Crippen molar-refractivity contribution in [3.63, 3.8) is 0 Å². The summed E-state index contributed by atoms with van der Waals surface area (Å²) < 4.78 is 62.0. The number of nitrogen functional groups attached to an aromatic ring is 1. The van der Waals surface area contributed by atoms with Crippen LogP contribution in [0, 0.1) is 11.3 Å². The molecule has 0 aromatic carbocycles. The van der Waals surface area contributed by atoms with Crippen LogP contribution in [-0.2, 0) is 55.5 Å². The number of hydrogen-bond acceptors (Lipinski definition) is 19. The molecule has 0 spiro atoms. The lowest BCUT2D eigenvalue weighted by atomic mass is 9.87. The van der Waals surface area contributed by atoms with Gasteiger partial charge in [-0.05, 0) is 5.92 Å². The first-order valence-electron chi connectivity index (χ1n) is 16.7. The van der Waals surface area contributed by atoms with Gasteiger partial charge in [0, 0.05) is 42.3 Å². The van der Waals surface area contributed by atoms with E-state index in [1.807, 2.05) is 0 Å². The number of phosphoric ester groups is 3. The zero-order chi connectivity index (χ0) is 43.8. The summed E-state index contributed by atoms with van der Waals surface area (Å²) in [5, 5.41) is 34.7. The summed E-state index contributed by atoms with van der Waals surface area (Å²) in [6.45, 7) is 3.47. The van der Waals surface area contributed by atoms with Gasteiger partial charge in [0.15, 0.2) is 17.7 Å². The third-order valence-electron chi connectivity index (χ3n) is 7.87. The SMILES string of the molecule is CC(C)/C(=C\C(=O)O)C(=O)SCCNC(=O)CCNC(=O)C(O)C(C)(C)COP(=O)(O)OP(=O)(O)OCC1OC(n2cnc3c(N)ncnc32)C(O)C1OP(=O)(O)O. The fourth-order valence-corrected chi connectivity index (χ4v) is 8.63. The summed E-state index contributed by atoms with van der Waals surface area (Å²) in [6, 6.07) is 0. The van der Waals surface area contributed by atoms with E-state index in [1.165, 1.54) is 13.8 Å². The third kappa shape index (κ3) is 14.5. The number of aliphatic hydroxyl groups excluding tert-OH is 2. The molecule has 2 aromatic heterocycles. The number of phosphoric acid groups is 3. The highest BCUT2D eigenvalue weighted by atomic mass is 32.2. The second-order valence-corrected chi connectivity index (χ2v) is 18.6. The number of rotatable bonds is 22. The van der Waals surface area contributed by atoms with E-state index in [-0.39, 0.29) is 53.7 Å². The molecule has 11 N–H and O–H groups in total. The van der Waals surface area contributed by atoms with Crippen LogP contribution >= 0.6 is 35.2 Å². The molecule has 2 aromatic rings. The zero-order valence-corrected chi connectivity index (χ0v) is 34.6. The Morgan fingerprint density at radius 1 is 1.05 bits per heavy atom. The van der Waals surface area contributed by atoms with Gasteiger partial charge in [0.05, 0.1) is 19.5 Å². The van der Waals surface area contributed by atoms with Crippen molar-refractivity contribution in [1.82, 2.24) is 30.2 Å². The molecule has 3 rings (SSSR count). The van der Waals surface area contributed by atoms with Crippen LogP contribution in [0.4, 0.5) is 5.82 Å². The van der Waals surface area contributed by atoms with E-state index in [0.29, 0.717) is 0 Å². The first-order valence-corrected chi connectivity index (χ1v) is 22.2. The van der Waals surface area contributed by atoms with Gasteiger partial charge >= 0.3 is 29.4 Å². The molecule has 3 heterocycles. The fourth-order valence-electron chi connectivity index (χ4n) is 4.95. The van der Waals surface area contributed by atoms with Crippen molar-refractivity contribution in [2.75, 3.05) is 37.8 Å². The number of anilines is 1. The smallest absolute Gasteiger partial charge is 0.478 e. The molecule has 1 saturated heterocycles. The average molecular weight is 908 g/mol. The Bertz CT molecular complexity index is 1990. The number of ether oxygens (including phenoxy) is 1. The van der Waals surface area contributed by atoms with E-state index in [4.69, 9.17) is 24.6 Å². The number of imidazole rings is 1. The van der Waals surface area contributed by atoms with Crippen LogP contribution in [0.5, 0.6) is 0 Å². The van der Waals surface area contributed by atoms with Gasteiger partial charge in [-0.1, -0.05) is 39.5 Å². The Morgan fingerprint density at radius 2 is 1.71 bits per heavy atom. The molecule has 1 fully saturated rings. The largest absolute Gasteiger partial charge is 0.481 e. The molecule has 2 amide bonds. The first-order chi connectivity index (χ1) is 26.7. The van der Waals surface area contributed by atoms with Crippen molar-refractivity contribution in [1.29, 1.82) is 0 Å². The van der Waals surface area contributed by atoms with Crippen LogP contribution in [0.1, 0.15) is 40.3 Å². The van der Waals surface area contributed by atoms with Crippen molar-refractivity contribution >= 4 is 75.1 Å². The van der Waals surface area contributed by atoms with Crippen LogP contribution in [0.25, 0.3) is 11.2 Å². The fraction of sp³-hybridized carbons (Fsp3) is 0.607. The summed E-state index contributed by atoms with van der Waals surface area (Å²) in [5.74, 6) is -3.06. The molecule has 1 aliphatic heterocycles. The monoisotopic (exact) mass is 907 g/mol. The Hall–Kier alpha value is -3.23. The second-order valence-electron chi connectivity index (χ2n) is 13.3. The summed E-state index contributed by atoms with van der Waals surface area (Å²) in [5.41, 5.74) is 4.30. The third-order valence-corrected chi connectivity index (χ3v) is 11.9. The Morgan fingerprint density at radius 3 is 2.33 bits per heavy atom. The van der Waals surface area contributed by atoms with Crippen molar-refractivity contribution < 1.29 is 90.4 Å². The number of amides is 2. The van der Waals surface area contributed by atoms with Gasteiger partial charge in [-0.15, -0.1) is 0 Å². The van der Waals surface area contributed by atoms with Gasteiger partial charge in [-0.2, -0.15) is 4.31 Å². The van der Waals surface area contributed by atoms with Crippen LogP contribution in [-0.4, -0.2) is 134 Å². The van der Waals surface area contributed by atoms with Crippen LogP contribution in [0.3, 0.4) is 0 Å². The number of aromatic nitrogens is 4. The number of nitrogens with zero attached hydrogens (tertiary/aromatic N) is 4. The van der Waals surface area contributed by atoms with Crippen molar-refractivity contribution in [3.05, 3.63) is 24.3 Å². The lowest BCUT2D eigenvalue weighted by Gasteiger charge is -2.30. The van der Waals surface area contributed by atoms with Gasteiger partial charge < -0.3 is 56.0 Å². The molecule has 30 heteroatoms. The number of carboxylic acid groups (broad SMARTS) is 1. The number of hydrogen-bond donors (Lipinski definition) is 10. The molecule has 7 unspecified atom stereocenters. The lowest BCUT2D eigenvalue weighted by Crippen LogP contribution is -2.46. The standard InChI is InChI=1S/C28H44N7O19P3S/c1-14(2)15(9-18(37)38)27(42)58-8-7-30-17(36)5-6-31-25(41)22(40)28(3,4)11-51-57(48,49)54-56(46,47)50-10-16-21(53-55(43,44)45)20(39)26(52-16)35-13-34-19-23(29)32-12-33-24(19)35/h9,12-14,16,20-22,26,39-40H,5-8,10-11H2,1-4H3,(H,30,36)(H,31,41)(H,37,38)(H,46,47)(H,48,49)(H2,29,32,33)(H2,43,44,45)/b15-9+. The second kappa shape index (κ2) is 20.4. The molecule has 1 aliphatic rings. The number of thioether (sulfide) groups is 1. The van der Waals surface area contributed by atoms with E-state index in [0.717, 1.165) is 35.1 Å². The Balaban J connectivity index is 1.49. The van der Waals surface area contributed by atoms with Crippen molar-refractivity contribution in [3.8, 4) is 0 Å². The number of carbonyl (C=O) groups excluding carboxylic acids is 3. The molecular formula is C28H44N7O19P3S. The molecule has 0 saturated carbocycles. The number of fused-ring (bicyclic) bond motifs is 1. The zero-order valence-electron chi connectivity index (χ0n) is 31.1. The quantitative estimate of drug-likeness (QED) is 0.0398. The first kappa shape index (κ1) is 49.1. The highest BCUT2D eigenvalue weighted by Crippen LogP contribution is 2.61. The molecule has 0 bridgehead atoms. The van der Waals surface area contributed by atoms with E-state index in [9.17, 15) is 62.7 Å². The van der Waals surface area contributed by atoms with Crippen LogP contribution in [0.15, 0.2) is 24.3 Å².